The van der Waals surface area contributed by atoms with E-state index in [1.165, 1.54) is 0 Å². The molecular formula is C11H14F2N2O3S2. The summed E-state index contributed by atoms with van der Waals surface area (Å²) in [6.07, 6.45) is 0.802. The van der Waals surface area contributed by atoms with E-state index in [2.05, 4.69) is 4.72 Å². The molecule has 9 heteroatoms. The third kappa shape index (κ3) is 3.33. The molecule has 112 valence electrons. The Morgan fingerprint density at radius 2 is 1.85 bits per heavy atom. The fourth-order valence-electron chi connectivity index (χ4n) is 1.97. The second kappa shape index (κ2) is 5.74. The number of rotatable bonds is 3. The van der Waals surface area contributed by atoms with Crippen LogP contribution in [-0.4, -0.2) is 30.2 Å². The van der Waals surface area contributed by atoms with Gasteiger partial charge in [0.05, 0.1) is 0 Å². The lowest BCUT2D eigenvalue weighted by Gasteiger charge is -2.22. The zero-order valence-corrected chi connectivity index (χ0v) is 12.1. The molecule has 0 saturated carbocycles. The summed E-state index contributed by atoms with van der Waals surface area (Å²) in [5, 5.41) is 0. The molecule has 1 heterocycles. The van der Waals surface area contributed by atoms with Crippen molar-refractivity contribution in [2.75, 3.05) is 17.2 Å². The predicted octanol–water partition coefficient (Wildman–Crippen LogP) is 0.736. The fourth-order valence-corrected chi connectivity index (χ4v) is 4.70. The van der Waals surface area contributed by atoms with Crippen LogP contribution in [0.5, 0.6) is 0 Å². The van der Waals surface area contributed by atoms with Gasteiger partial charge in [0.25, 0.3) is 0 Å². The van der Waals surface area contributed by atoms with Crippen LogP contribution in [0, 0.1) is 11.6 Å². The van der Waals surface area contributed by atoms with E-state index < -0.39 is 43.4 Å². The lowest BCUT2D eigenvalue weighted by Crippen LogP contribution is -2.39. The summed E-state index contributed by atoms with van der Waals surface area (Å²) < 4.78 is 64.4. The molecule has 0 unspecified atom stereocenters. The van der Waals surface area contributed by atoms with E-state index in [0.717, 1.165) is 12.1 Å². The van der Waals surface area contributed by atoms with Gasteiger partial charge in [-0.2, -0.15) is 0 Å². The van der Waals surface area contributed by atoms with Crippen LogP contribution in [-0.2, 0) is 20.8 Å². The molecule has 20 heavy (non-hydrogen) atoms. The van der Waals surface area contributed by atoms with Crippen LogP contribution in [0.3, 0.4) is 0 Å². The summed E-state index contributed by atoms with van der Waals surface area (Å²) in [6.45, 7) is 0. The number of benzene rings is 1. The quantitative estimate of drug-likeness (QED) is 0.803. The maximum Gasteiger partial charge on any atom is 0.243 e. The van der Waals surface area contributed by atoms with E-state index in [1.54, 1.807) is 0 Å². The molecule has 1 aromatic rings. The molecule has 0 atom stereocenters. The van der Waals surface area contributed by atoms with Gasteiger partial charge in [0.2, 0.25) is 10.0 Å². The Kier molecular flexibility index (Phi) is 4.40. The highest BCUT2D eigenvalue weighted by Crippen LogP contribution is 2.22. The van der Waals surface area contributed by atoms with Crippen molar-refractivity contribution in [1.29, 1.82) is 0 Å². The Labute approximate surface area is 118 Å². The van der Waals surface area contributed by atoms with Crippen molar-refractivity contribution >= 4 is 26.5 Å². The van der Waals surface area contributed by atoms with Gasteiger partial charge in [0.1, 0.15) is 4.90 Å². The van der Waals surface area contributed by atoms with Gasteiger partial charge in [-0.05, 0) is 25.0 Å². The largest absolute Gasteiger partial charge is 0.399 e. The smallest absolute Gasteiger partial charge is 0.243 e. The van der Waals surface area contributed by atoms with Crippen LogP contribution in [0.4, 0.5) is 14.5 Å². The number of hydrogen-bond acceptors (Lipinski definition) is 4. The van der Waals surface area contributed by atoms with Crippen molar-refractivity contribution in [2.24, 2.45) is 0 Å². The fraction of sp³-hybridized carbons (Fsp3) is 0.455. The van der Waals surface area contributed by atoms with Gasteiger partial charge in [-0.1, -0.05) is 0 Å². The SMILES string of the molecule is Nc1cc(F)c(F)c(S(=O)(=O)NC2CCS(=O)CC2)c1. The van der Waals surface area contributed by atoms with Crippen molar-refractivity contribution in [1.82, 2.24) is 4.72 Å². The maximum atomic E-state index is 13.6. The van der Waals surface area contributed by atoms with E-state index in [1.807, 2.05) is 0 Å². The topological polar surface area (TPSA) is 89.3 Å². The Morgan fingerprint density at radius 3 is 2.45 bits per heavy atom. The summed E-state index contributed by atoms with van der Waals surface area (Å²) in [7, 11) is -5.13. The number of hydrogen-bond donors (Lipinski definition) is 2. The third-order valence-electron chi connectivity index (χ3n) is 3.02. The molecule has 1 fully saturated rings. The van der Waals surface area contributed by atoms with Crippen LogP contribution in [0.25, 0.3) is 0 Å². The number of halogens is 2. The van der Waals surface area contributed by atoms with Gasteiger partial charge in [0, 0.05) is 34.0 Å². The summed E-state index contributed by atoms with van der Waals surface area (Å²) >= 11 is 0. The molecule has 2 rings (SSSR count). The number of nitrogens with two attached hydrogens (primary N) is 1. The van der Waals surface area contributed by atoms with Crippen LogP contribution in [0.2, 0.25) is 0 Å². The highest BCUT2D eigenvalue weighted by molar-refractivity contribution is 7.89. The van der Waals surface area contributed by atoms with Gasteiger partial charge < -0.3 is 5.73 Å². The first-order valence-electron chi connectivity index (χ1n) is 5.91. The van der Waals surface area contributed by atoms with Gasteiger partial charge >= 0.3 is 0 Å². The molecule has 0 aromatic heterocycles. The van der Waals surface area contributed by atoms with Gasteiger partial charge in [-0.15, -0.1) is 0 Å². The highest BCUT2D eigenvalue weighted by atomic mass is 32.2. The van der Waals surface area contributed by atoms with Crippen molar-refractivity contribution in [3.8, 4) is 0 Å². The number of anilines is 1. The van der Waals surface area contributed by atoms with E-state index in [9.17, 15) is 21.4 Å². The predicted molar refractivity (Wildman–Crippen MR) is 72.0 cm³/mol. The molecule has 1 aliphatic rings. The summed E-state index contributed by atoms with van der Waals surface area (Å²) in [6, 6.07) is 1.17. The van der Waals surface area contributed by atoms with E-state index in [-0.39, 0.29) is 5.69 Å². The Balaban J connectivity index is 2.25. The molecule has 5 nitrogen and oxygen atoms in total. The van der Waals surface area contributed by atoms with Gasteiger partial charge in [-0.25, -0.2) is 21.9 Å². The first kappa shape index (κ1) is 15.3. The Hall–Kier alpha value is -1.06. The van der Waals surface area contributed by atoms with E-state index >= 15 is 0 Å². The van der Waals surface area contributed by atoms with Crippen LogP contribution in [0.15, 0.2) is 17.0 Å². The molecule has 0 spiro atoms. The molecule has 0 aliphatic carbocycles. The standard InChI is InChI=1S/C11H14F2N2O3S2/c12-9-5-7(14)6-10(11(9)13)20(17,18)15-8-1-3-19(16)4-2-8/h5-6,8,15H,1-4,14H2. The minimum Gasteiger partial charge on any atom is -0.399 e. The molecule has 1 aliphatic heterocycles. The van der Waals surface area contributed by atoms with Crippen LogP contribution >= 0.6 is 0 Å². The number of sulfonamides is 1. The average molecular weight is 324 g/mol. The van der Waals surface area contributed by atoms with Gasteiger partial charge in [0.15, 0.2) is 11.6 Å². The average Bonchev–Trinajstić information content (AvgIpc) is 2.36. The molecular weight excluding hydrogens is 310 g/mol. The molecule has 1 aromatic carbocycles. The lowest BCUT2D eigenvalue weighted by molar-refractivity contribution is 0.478. The number of nitrogens with one attached hydrogen (secondary N) is 1. The van der Waals surface area contributed by atoms with Gasteiger partial charge in [-0.3, -0.25) is 4.21 Å². The minimum absolute atomic E-state index is 0.172. The van der Waals surface area contributed by atoms with Crippen molar-refractivity contribution in [3.05, 3.63) is 23.8 Å². The first-order valence-corrected chi connectivity index (χ1v) is 8.88. The summed E-state index contributed by atoms with van der Waals surface area (Å²) in [5.41, 5.74) is 5.17. The van der Waals surface area contributed by atoms with E-state index in [0.29, 0.717) is 24.3 Å². The lowest BCUT2D eigenvalue weighted by atomic mass is 10.2. The molecule has 0 bridgehead atoms. The molecule has 0 amide bonds. The zero-order valence-electron chi connectivity index (χ0n) is 10.4. The molecule has 3 N–H and O–H groups in total. The normalized spacial score (nSPS) is 23.7. The third-order valence-corrected chi connectivity index (χ3v) is 5.92. The van der Waals surface area contributed by atoms with Crippen molar-refractivity contribution in [2.45, 2.75) is 23.8 Å². The number of nitrogen functional groups attached to an aromatic ring is 1. The Morgan fingerprint density at radius 1 is 1.25 bits per heavy atom. The summed E-state index contributed by atoms with van der Waals surface area (Å²) in [4.78, 5) is -0.804. The van der Waals surface area contributed by atoms with Crippen LogP contribution < -0.4 is 10.5 Å². The zero-order chi connectivity index (χ0) is 14.9. The van der Waals surface area contributed by atoms with Crippen molar-refractivity contribution < 1.29 is 21.4 Å². The molecule has 0 radical (unpaired) electrons. The second-order valence-electron chi connectivity index (χ2n) is 4.56. The monoisotopic (exact) mass is 324 g/mol. The first-order chi connectivity index (χ1) is 9.29. The Bertz CT molecular complexity index is 639. The van der Waals surface area contributed by atoms with Crippen LogP contribution in [0.1, 0.15) is 12.8 Å². The summed E-state index contributed by atoms with van der Waals surface area (Å²) in [5.74, 6) is -1.98. The van der Waals surface area contributed by atoms with Crippen molar-refractivity contribution in [3.63, 3.8) is 0 Å². The molecule has 1 saturated heterocycles. The minimum atomic E-state index is -4.20. The second-order valence-corrected chi connectivity index (χ2v) is 7.94. The maximum absolute atomic E-state index is 13.6. The highest BCUT2D eigenvalue weighted by Gasteiger charge is 2.27. The van der Waals surface area contributed by atoms with E-state index in [4.69, 9.17) is 5.73 Å².